The zero-order valence-electron chi connectivity index (χ0n) is 8.36. The van der Waals surface area contributed by atoms with Gasteiger partial charge in [0.15, 0.2) is 0 Å². The van der Waals surface area contributed by atoms with Crippen LogP contribution in [0.3, 0.4) is 0 Å². The van der Waals surface area contributed by atoms with Gasteiger partial charge >= 0.3 is 0 Å². The molecule has 0 aliphatic heterocycles. The minimum Gasteiger partial charge on any atom is -0.0883 e. The monoisotopic (exact) mass is 246 g/mol. The smallest absolute Gasteiger partial charge is 0.0642 e. The van der Waals surface area contributed by atoms with E-state index in [2.05, 4.69) is 35.6 Å². The Labute approximate surface area is 85.3 Å². The summed E-state index contributed by atoms with van der Waals surface area (Å²) in [5.74, 6) is 2.11. The van der Waals surface area contributed by atoms with Gasteiger partial charge in [0.1, 0.15) is 0 Å². The largest absolute Gasteiger partial charge is 0.0883 e. The fourth-order valence-electron chi connectivity index (χ4n) is 3.16. The minimum atomic E-state index is -0.959. The van der Waals surface area contributed by atoms with Crippen molar-refractivity contribution in [2.45, 2.75) is 49.3 Å². The van der Waals surface area contributed by atoms with Crippen molar-refractivity contribution in [3.05, 3.63) is 0 Å². The zero-order valence-corrected chi connectivity index (χ0v) is 10.9. The van der Waals surface area contributed by atoms with Crippen molar-refractivity contribution in [1.82, 2.24) is 0 Å². The molecule has 0 nitrogen and oxygen atoms in total. The summed E-state index contributed by atoms with van der Waals surface area (Å²) in [7, 11) is -0.959. The summed E-state index contributed by atoms with van der Waals surface area (Å²) < 4.78 is 0.635. The zero-order chi connectivity index (χ0) is 8.98. The van der Waals surface area contributed by atoms with E-state index in [-0.39, 0.29) is 0 Å². The molecule has 70 valence electrons. The number of hydrogen-bond acceptors (Lipinski definition) is 0. The Hall–Kier alpha value is 0.697. The predicted octanol–water partition coefficient (Wildman–Crippen LogP) is 3.82. The first kappa shape index (κ1) is 9.26. The molecule has 0 aromatic carbocycles. The lowest BCUT2D eigenvalue weighted by atomic mass is 10.0. The molecule has 2 aliphatic rings. The maximum Gasteiger partial charge on any atom is 0.0642 e. The molecule has 2 heteroatoms. The number of fused-ring (bicyclic) bond motifs is 1. The third kappa shape index (κ3) is 1.07. The standard InChI is InChI=1S/C10H19BrSi/c1-12(2,3)10(11)8-6-4-5-7-9(8)10/h8-9H,4-7H2,1-3H3. The third-order valence-electron chi connectivity index (χ3n) is 3.89. The second-order valence-electron chi connectivity index (χ2n) is 5.52. The topological polar surface area (TPSA) is 0 Å². The summed E-state index contributed by atoms with van der Waals surface area (Å²) in [5, 5.41) is 0. The number of rotatable bonds is 1. The van der Waals surface area contributed by atoms with Crippen LogP contribution in [0.4, 0.5) is 0 Å². The third-order valence-corrected chi connectivity index (χ3v) is 11.7. The van der Waals surface area contributed by atoms with E-state index in [1.807, 2.05) is 0 Å². The van der Waals surface area contributed by atoms with E-state index in [0.29, 0.717) is 3.95 Å². The molecule has 2 atom stereocenters. The molecule has 2 saturated carbocycles. The summed E-state index contributed by atoms with van der Waals surface area (Å²) in [4.78, 5) is 0. The van der Waals surface area contributed by atoms with Crippen LogP contribution in [0.1, 0.15) is 25.7 Å². The van der Waals surface area contributed by atoms with E-state index in [4.69, 9.17) is 0 Å². The first-order chi connectivity index (χ1) is 5.48. The first-order valence-corrected chi connectivity index (χ1v) is 9.46. The Morgan fingerprint density at radius 2 is 1.50 bits per heavy atom. The van der Waals surface area contributed by atoms with Gasteiger partial charge in [-0.15, -0.1) is 0 Å². The first-order valence-electron chi connectivity index (χ1n) is 5.17. The van der Waals surface area contributed by atoms with Gasteiger partial charge in [-0.2, -0.15) is 0 Å². The predicted molar refractivity (Wildman–Crippen MR) is 60.5 cm³/mol. The van der Waals surface area contributed by atoms with Gasteiger partial charge in [0, 0.05) is 3.95 Å². The minimum absolute atomic E-state index is 0.635. The second-order valence-corrected chi connectivity index (χ2v) is 12.9. The molecule has 0 saturated heterocycles. The number of hydrogen-bond donors (Lipinski definition) is 0. The van der Waals surface area contributed by atoms with E-state index in [1.165, 1.54) is 25.7 Å². The van der Waals surface area contributed by atoms with Gasteiger partial charge in [0.2, 0.25) is 0 Å². The highest BCUT2D eigenvalue weighted by Crippen LogP contribution is 2.67. The molecule has 0 radical (unpaired) electrons. The Kier molecular flexibility index (Phi) is 2.00. The molecule has 0 N–H and O–H groups in total. The summed E-state index contributed by atoms with van der Waals surface area (Å²) in [6.07, 6.45) is 5.97. The maximum absolute atomic E-state index is 4.07. The highest BCUT2D eigenvalue weighted by molar-refractivity contribution is 9.10. The lowest BCUT2D eigenvalue weighted by Crippen LogP contribution is -2.38. The summed E-state index contributed by atoms with van der Waals surface area (Å²) >= 11 is 4.07. The van der Waals surface area contributed by atoms with Crippen LogP contribution in [0.25, 0.3) is 0 Å². The van der Waals surface area contributed by atoms with Crippen LogP contribution in [0.15, 0.2) is 0 Å². The molecule has 0 aromatic rings. The summed E-state index contributed by atoms with van der Waals surface area (Å²) in [6.45, 7) is 7.54. The Morgan fingerprint density at radius 3 is 1.83 bits per heavy atom. The molecule has 0 spiro atoms. The van der Waals surface area contributed by atoms with Crippen LogP contribution in [0.5, 0.6) is 0 Å². The van der Waals surface area contributed by atoms with Crippen LogP contribution >= 0.6 is 15.9 Å². The molecular weight excluding hydrogens is 228 g/mol. The van der Waals surface area contributed by atoms with E-state index in [1.54, 1.807) is 0 Å². The van der Waals surface area contributed by atoms with Crippen molar-refractivity contribution in [3.63, 3.8) is 0 Å². The lowest BCUT2D eigenvalue weighted by molar-refractivity contribution is 0.480. The molecule has 2 fully saturated rings. The average Bonchev–Trinajstić information content (AvgIpc) is 2.59. The van der Waals surface area contributed by atoms with E-state index >= 15 is 0 Å². The van der Waals surface area contributed by atoms with Crippen molar-refractivity contribution in [2.75, 3.05) is 0 Å². The van der Waals surface area contributed by atoms with Crippen LogP contribution in [0, 0.1) is 11.8 Å². The molecule has 0 aromatic heterocycles. The average molecular weight is 247 g/mol. The molecule has 2 rings (SSSR count). The summed E-state index contributed by atoms with van der Waals surface area (Å²) in [6, 6.07) is 0. The van der Waals surface area contributed by atoms with Gasteiger partial charge in [-0.3, -0.25) is 0 Å². The van der Waals surface area contributed by atoms with Gasteiger partial charge in [-0.05, 0) is 24.7 Å². The van der Waals surface area contributed by atoms with E-state index in [9.17, 15) is 0 Å². The molecule has 2 aliphatic carbocycles. The highest BCUT2D eigenvalue weighted by Gasteiger charge is 2.68. The number of alkyl halides is 1. The lowest BCUT2D eigenvalue weighted by Gasteiger charge is -2.25. The van der Waals surface area contributed by atoms with E-state index < -0.39 is 8.07 Å². The Balaban J connectivity index is 2.15. The Bertz CT molecular complexity index is 183. The van der Waals surface area contributed by atoms with Gasteiger partial charge < -0.3 is 0 Å². The summed E-state index contributed by atoms with van der Waals surface area (Å²) in [5.41, 5.74) is 0. The molecule has 0 bridgehead atoms. The van der Waals surface area contributed by atoms with Crippen LogP contribution in [-0.2, 0) is 0 Å². The molecule has 0 amide bonds. The van der Waals surface area contributed by atoms with Crippen molar-refractivity contribution in [3.8, 4) is 0 Å². The molecule has 0 heterocycles. The van der Waals surface area contributed by atoms with Crippen molar-refractivity contribution < 1.29 is 0 Å². The quantitative estimate of drug-likeness (QED) is 0.488. The van der Waals surface area contributed by atoms with Gasteiger partial charge in [-0.1, -0.05) is 48.4 Å². The number of halogens is 1. The van der Waals surface area contributed by atoms with Crippen molar-refractivity contribution in [2.24, 2.45) is 11.8 Å². The van der Waals surface area contributed by atoms with Gasteiger partial charge in [-0.25, -0.2) is 0 Å². The highest BCUT2D eigenvalue weighted by atomic mass is 79.9. The van der Waals surface area contributed by atoms with Crippen LogP contribution in [0.2, 0.25) is 19.6 Å². The second kappa shape index (κ2) is 2.60. The van der Waals surface area contributed by atoms with Gasteiger partial charge in [0.25, 0.3) is 0 Å². The van der Waals surface area contributed by atoms with E-state index in [0.717, 1.165) is 11.8 Å². The molecular formula is C10H19BrSi. The molecule has 2 unspecified atom stereocenters. The van der Waals surface area contributed by atoms with Crippen LogP contribution < -0.4 is 0 Å². The maximum atomic E-state index is 4.07. The fraction of sp³-hybridized carbons (Fsp3) is 1.00. The van der Waals surface area contributed by atoms with Crippen molar-refractivity contribution >= 4 is 24.0 Å². The van der Waals surface area contributed by atoms with Gasteiger partial charge in [0.05, 0.1) is 8.07 Å². The van der Waals surface area contributed by atoms with Crippen molar-refractivity contribution in [1.29, 1.82) is 0 Å². The normalized spacial score (nSPS) is 47.0. The molecule has 12 heavy (non-hydrogen) atoms. The Morgan fingerprint density at radius 1 is 1.08 bits per heavy atom. The van der Waals surface area contributed by atoms with Crippen LogP contribution in [-0.4, -0.2) is 12.0 Å². The fourth-order valence-corrected chi connectivity index (χ4v) is 6.96. The SMILES string of the molecule is C[Si](C)(C)C1(Br)C2CCCCC21.